The first-order valence-electron chi connectivity index (χ1n) is 10.2. The van der Waals surface area contributed by atoms with Crippen LogP contribution in [0.4, 0.5) is 4.39 Å². The number of rotatable bonds is 6. The van der Waals surface area contributed by atoms with Crippen molar-refractivity contribution in [3.8, 4) is 11.4 Å². The van der Waals surface area contributed by atoms with Crippen LogP contribution in [0.1, 0.15) is 31.2 Å². The van der Waals surface area contributed by atoms with Crippen LogP contribution in [0.3, 0.4) is 0 Å². The van der Waals surface area contributed by atoms with Crippen molar-refractivity contribution in [1.29, 1.82) is 0 Å². The molecule has 0 bridgehead atoms. The third-order valence-corrected chi connectivity index (χ3v) is 7.38. The highest BCUT2D eigenvalue weighted by Gasteiger charge is 2.30. The van der Waals surface area contributed by atoms with Gasteiger partial charge in [0.15, 0.2) is 0 Å². The van der Waals surface area contributed by atoms with E-state index in [-0.39, 0.29) is 18.0 Å². The first-order valence-corrected chi connectivity index (χ1v) is 11.7. The molecule has 0 unspecified atom stereocenters. The molecule has 7 nitrogen and oxygen atoms in total. The lowest BCUT2D eigenvalue weighted by molar-refractivity contribution is 0.163. The molecule has 164 valence electrons. The molecule has 9 heteroatoms. The number of sulfonamides is 1. The Balaban J connectivity index is 1.37. The minimum Gasteiger partial charge on any atom is -0.338 e. The van der Waals surface area contributed by atoms with Crippen LogP contribution in [-0.4, -0.2) is 53.9 Å². The molecule has 0 aliphatic carbocycles. The van der Waals surface area contributed by atoms with Gasteiger partial charge in [-0.05, 0) is 23.6 Å². The summed E-state index contributed by atoms with van der Waals surface area (Å²) >= 11 is 0. The largest absolute Gasteiger partial charge is 0.338 e. The van der Waals surface area contributed by atoms with Crippen LogP contribution in [0, 0.1) is 5.82 Å². The number of piperazine rings is 1. The van der Waals surface area contributed by atoms with Crippen LogP contribution in [0.15, 0.2) is 57.9 Å². The molecule has 4 rings (SSSR count). The van der Waals surface area contributed by atoms with E-state index in [1.165, 1.54) is 28.1 Å². The minimum absolute atomic E-state index is 0.272. The molecule has 0 amide bonds. The molecule has 0 radical (unpaired) electrons. The van der Waals surface area contributed by atoms with Crippen molar-refractivity contribution < 1.29 is 17.3 Å². The van der Waals surface area contributed by atoms with E-state index in [2.05, 4.69) is 36.1 Å². The summed E-state index contributed by atoms with van der Waals surface area (Å²) in [5.74, 6) is 0.736. The van der Waals surface area contributed by atoms with E-state index in [0.717, 1.165) is 11.6 Å². The second kappa shape index (κ2) is 8.86. The molecule has 3 aromatic rings. The predicted octanol–water partition coefficient (Wildman–Crippen LogP) is 3.51. The van der Waals surface area contributed by atoms with Crippen molar-refractivity contribution in [2.45, 2.75) is 31.2 Å². The Morgan fingerprint density at radius 3 is 2.35 bits per heavy atom. The first kappa shape index (κ1) is 21.6. The summed E-state index contributed by atoms with van der Waals surface area (Å²) in [5.41, 5.74) is 2.14. The van der Waals surface area contributed by atoms with Gasteiger partial charge < -0.3 is 4.52 Å². The lowest BCUT2D eigenvalue weighted by Crippen LogP contribution is -2.48. The highest BCUT2D eigenvalue weighted by molar-refractivity contribution is 7.89. The number of aromatic nitrogens is 2. The van der Waals surface area contributed by atoms with Gasteiger partial charge in [0.25, 0.3) is 0 Å². The molecule has 0 spiro atoms. The Bertz CT molecular complexity index is 1140. The zero-order valence-corrected chi connectivity index (χ0v) is 18.3. The molecule has 0 atom stereocenters. The lowest BCUT2D eigenvalue weighted by atomic mass is 10.0. The average molecular weight is 445 g/mol. The standard InChI is InChI=1S/C22H25FN4O3S/c1-16(2)17-7-9-18(10-8-17)22-24-21(30-25-22)15-26-11-13-27(14-12-26)31(28,29)20-6-4-3-5-19(20)23/h3-10,16H,11-15H2,1-2H3. The van der Waals surface area contributed by atoms with E-state index in [9.17, 15) is 12.8 Å². The normalized spacial score (nSPS) is 16.1. The van der Waals surface area contributed by atoms with Crippen molar-refractivity contribution in [1.82, 2.24) is 19.3 Å². The van der Waals surface area contributed by atoms with Crippen LogP contribution in [-0.2, 0) is 16.6 Å². The molecule has 0 N–H and O–H groups in total. The Kier molecular flexibility index (Phi) is 6.17. The van der Waals surface area contributed by atoms with Gasteiger partial charge in [0.2, 0.25) is 21.7 Å². The highest BCUT2D eigenvalue weighted by atomic mass is 32.2. The maximum absolute atomic E-state index is 14.0. The van der Waals surface area contributed by atoms with Gasteiger partial charge in [-0.15, -0.1) is 0 Å². The fourth-order valence-corrected chi connectivity index (χ4v) is 5.05. The molecule has 1 aromatic heterocycles. The summed E-state index contributed by atoms with van der Waals surface area (Å²) in [4.78, 5) is 6.24. The highest BCUT2D eigenvalue weighted by Crippen LogP contribution is 2.23. The van der Waals surface area contributed by atoms with Gasteiger partial charge in [0, 0.05) is 31.7 Å². The Hall–Kier alpha value is -2.62. The number of benzene rings is 2. The molecule has 0 saturated carbocycles. The van der Waals surface area contributed by atoms with E-state index in [0.29, 0.717) is 37.3 Å². The minimum atomic E-state index is -3.85. The van der Waals surface area contributed by atoms with E-state index in [4.69, 9.17) is 4.52 Å². The van der Waals surface area contributed by atoms with Crippen LogP contribution < -0.4 is 0 Å². The van der Waals surface area contributed by atoms with Crippen LogP contribution in [0.2, 0.25) is 0 Å². The van der Waals surface area contributed by atoms with Gasteiger partial charge in [-0.3, -0.25) is 4.90 Å². The fourth-order valence-electron chi connectivity index (χ4n) is 3.57. The zero-order chi connectivity index (χ0) is 22.0. The Morgan fingerprint density at radius 1 is 1.03 bits per heavy atom. The summed E-state index contributed by atoms with van der Waals surface area (Å²) < 4.78 is 46.1. The van der Waals surface area contributed by atoms with Crippen LogP contribution >= 0.6 is 0 Å². The van der Waals surface area contributed by atoms with Crippen molar-refractivity contribution >= 4 is 10.0 Å². The Morgan fingerprint density at radius 2 is 1.71 bits per heavy atom. The lowest BCUT2D eigenvalue weighted by Gasteiger charge is -2.33. The van der Waals surface area contributed by atoms with Gasteiger partial charge in [0.05, 0.1) is 6.54 Å². The van der Waals surface area contributed by atoms with Crippen LogP contribution in [0.5, 0.6) is 0 Å². The van der Waals surface area contributed by atoms with E-state index in [1.807, 2.05) is 17.0 Å². The maximum atomic E-state index is 14.0. The molecule has 1 saturated heterocycles. The summed E-state index contributed by atoms with van der Waals surface area (Å²) in [7, 11) is -3.85. The zero-order valence-electron chi connectivity index (χ0n) is 17.5. The van der Waals surface area contributed by atoms with E-state index >= 15 is 0 Å². The fraction of sp³-hybridized carbons (Fsp3) is 0.364. The van der Waals surface area contributed by atoms with E-state index in [1.54, 1.807) is 0 Å². The van der Waals surface area contributed by atoms with Gasteiger partial charge in [-0.2, -0.15) is 9.29 Å². The molecule has 1 fully saturated rings. The number of halogens is 1. The van der Waals surface area contributed by atoms with Gasteiger partial charge >= 0.3 is 0 Å². The summed E-state index contributed by atoms with van der Waals surface area (Å²) in [5, 5.41) is 4.07. The molecule has 1 aliphatic rings. The predicted molar refractivity (Wildman–Crippen MR) is 114 cm³/mol. The summed E-state index contributed by atoms with van der Waals surface area (Å²) in [6, 6.07) is 13.5. The van der Waals surface area contributed by atoms with Crippen molar-refractivity contribution in [2.24, 2.45) is 0 Å². The first-order chi connectivity index (χ1) is 14.8. The number of hydrogen-bond acceptors (Lipinski definition) is 6. The third kappa shape index (κ3) is 4.68. The summed E-state index contributed by atoms with van der Waals surface area (Å²) in [6.07, 6.45) is 0. The van der Waals surface area contributed by atoms with Crippen LogP contribution in [0.25, 0.3) is 11.4 Å². The van der Waals surface area contributed by atoms with Gasteiger partial charge in [-0.1, -0.05) is 55.4 Å². The van der Waals surface area contributed by atoms with E-state index < -0.39 is 15.8 Å². The van der Waals surface area contributed by atoms with Crippen molar-refractivity contribution in [2.75, 3.05) is 26.2 Å². The Labute approximate surface area is 181 Å². The number of nitrogens with zero attached hydrogens (tertiary/aromatic N) is 4. The van der Waals surface area contributed by atoms with Crippen molar-refractivity contribution in [3.05, 3.63) is 65.8 Å². The second-order valence-electron chi connectivity index (χ2n) is 7.90. The van der Waals surface area contributed by atoms with Crippen molar-refractivity contribution in [3.63, 3.8) is 0 Å². The molecule has 1 aliphatic heterocycles. The molecule has 2 heterocycles. The molecule has 2 aromatic carbocycles. The van der Waals surface area contributed by atoms with Gasteiger partial charge in [-0.25, -0.2) is 12.8 Å². The quantitative estimate of drug-likeness (QED) is 0.579. The second-order valence-corrected chi connectivity index (χ2v) is 9.81. The molecular formula is C22H25FN4O3S. The molecular weight excluding hydrogens is 419 g/mol. The molecule has 31 heavy (non-hydrogen) atoms. The topological polar surface area (TPSA) is 79.5 Å². The summed E-state index contributed by atoms with van der Waals surface area (Å²) in [6.45, 7) is 6.25. The number of hydrogen-bond donors (Lipinski definition) is 0. The monoisotopic (exact) mass is 444 g/mol. The van der Waals surface area contributed by atoms with Gasteiger partial charge in [0.1, 0.15) is 10.7 Å². The maximum Gasteiger partial charge on any atom is 0.246 e. The smallest absolute Gasteiger partial charge is 0.246 e. The average Bonchev–Trinajstić information content (AvgIpc) is 3.23. The SMILES string of the molecule is CC(C)c1ccc(-c2noc(CN3CCN(S(=O)(=O)c4ccccc4F)CC3)n2)cc1. The third-order valence-electron chi connectivity index (χ3n) is 5.45.